The van der Waals surface area contributed by atoms with Gasteiger partial charge in [0.05, 0.1) is 4.92 Å². The SMILES string of the molecule is O=C(c1cc2cc(Br)ccc2oc1=O)N1CCS[C@H]1c1ccc([N+](=O)[O-])cc1. The van der Waals surface area contributed by atoms with Crippen molar-refractivity contribution < 1.29 is 14.1 Å². The van der Waals surface area contributed by atoms with Gasteiger partial charge in [-0.05, 0) is 42.0 Å². The van der Waals surface area contributed by atoms with Gasteiger partial charge in [0, 0.05) is 34.3 Å². The molecule has 0 spiro atoms. The Balaban J connectivity index is 1.68. The zero-order valence-electron chi connectivity index (χ0n) is 14.3. The number of amides is 1. The summed E-state index contributed by atoms with van der Waals surface area (Å²) in [4.78, 5) is 37.4. The Morgan fingerprint density at radius 2 is 1.96 bits per heavy atom. The molecule has 1 atom stereocenters. The van der Waals surface area contributed by atoms with Gasteiger partial charge in [-0.15, -0.1) is 11.8 Å². The van der Waals surface area contributed by atoms with Gasteiger partial charge in [0.2, 0.25) is 0 Å². The van der Waals surface area contributed by atoms with Crippen LogP contribution in [0.1, 0.15) is 21.3 Å². The van der Waals surface area contributed by atoms with Crippen molar-refractivity contribution in [2.24, 2.45) is 0 Å². The van der Waals surface area contributed by atoms with Crippen molar-refractivity contribution in [3.63, 3.8) is 0 Å². The highest BCUT2D eigenvalue weighted by molar-refractivity contribution is 9.10. The van der Waals surface area contributed by atoms with Gasteiger partial charge in [0.25, 0.3) is 11.6 Å². The topological polar surface area (TPSA) is 93.7 Å². The summed E-state index contributed by atoms with van der Waals surface area (Å²) >= 11 is 4.92. The Kier molecular flexibility index (Phi) is 4.94. The van der Waals surface area contributed by atoms with Gasteiger partial charge < -0.3 is 9.32 Å². The molecular formula is C19H13BrN2O5S. The predicted molar refractivity (Wildman–Crippen MR) is 110 cm³/mol. The molecule has 142 valence electrons. The summed E-state index contributed by atoms with van der Waals surface area (Å²) in [5.41, 5.74) is 0.464. The number of hydrogen-bond acceptors (Lipinski definition) is 6. The quantitative estimate of drug-likeness (QED) is 0.327. The summed E-state index contributed by atoms with van der Waals surface area (Å²) in [5, 5.41) is 11.2. The first kappa shape index (κ1) is 18.7. The standard InChI is InChI=1S/C19H13BrN2O5S/c20-13-3-6-16-12(9-13)10-15(19(24)27-16)17(23)21-7-8-28-18(21)11-1-4-14(5-2-11)22(25)26/h1-6,9-10,18H,7-8H2/t18-/m0/s1. The third-order valence-corrected chi connectivity index (χ3v) is 6.22. The van der Waals surface area contributed by atoms with Crippen LogP contribution in [0.2, 0.25) is 0 Å². The van der Waals surface area contributed by atoms with Gasteiger partial charge in [0.15, 0.2) is 0 Å². The molecule has 1 aliphatic rings. The first-order valence-corrected chi connectivity index (χ1v) is 10.2. The van der Waals surface area contributed by atoms with E-state index in [2.05, 4.69) is 15.9 Å². The van der Waals surface area contributed by atoms with E-state index in [0.717, 1.165) is 10.0 Å². The number of carbonyl (C=O) groups excluding carboxylic acids is 1. The monoisotopic (exact) mass is 460 g/mol. The maximum absolute atomic E-state index is 13.1. The third-order valence-electron chi connectivity index (χ3n) is 4.47. The van der Waals surface area contributed by atoms with Crippen LogP contribution in [0.5, 0.6) is 0 Å². The number of benzene rings is 2. The summed E-state index contributed by atoms with van der Waals surface area (Å²) in [6.07, 6.45) is 0. The van der Waals surface area contributed by atoms with E-state index < -0.39 is 16.5 Å². The largest absolute Gasteiger partial charge is 0.422 e. The van der Waals surface area contributed by atoms with Crippen LogP contribution in [0.3, 0.4) is 0 Å². The summed E-state index contributed by atoms with van der Waals surface area (Å²) in [7, 11) is 0. The van der Waals surface area contributed by atoms with Gasteiger partial charge in [-0.25, -0.2) is 4.79 Å². The van der Waals surface area contributed by atoms with Crippen LogP contribution in [-0.4, -0.2) is 28.0 Å². The predicted octanol–water partition coefficient (Wildman–Crippen LogP) is 4.35. The molecule has 1 aromatic heterocycles. The van der Waals surface area contributed by atoms with Gasteiger partial charge in [-0.2, -0.15) is 0 Å². The molecule has 1 fully saturated rings. The van der Waals surface area contributed by atoms with Crippen molar-refractivity contribution >= 4 is 50.3 Å². The first-order valence-electron chi connectivity index (χ1n) is 8.34. The van der Waals surface area contributed by atoms with Crippen molar-refractivity contribution in [1.29, 1.82) is 0 Å². The molecule has 1 saturated heterocycles. The molecule has 2 heterocycles. The number of nitro groups is 1. The molecule has 4 rings (SSSR count). The lowest BCUT2D eigenvalue weighted by molar-refractivity contribution is -0.384. The van der Waals surface area contributed by atoms with Crippen molar-refractivity contribution in [2.75, 3.05) is 12.3 Å². The van der Waals surface area contributed by atoms with E-state index in [1.807, 2.05) is 0 Å². The molecule has 0 aliphatic carbocycles. The first-order chi connectivity index (χ1) is 13.4. The normalized spacial score (nSPS) is 16.5. The minimum absolute atomic E-state index is 0.00891. The fourth-order valence-corrected chi connectivity index (χ4v) is 4.75. The average Bonchev–Trinajstić information content (AvgIpc) is 3.17. The number of nitro benzene ring substituents is 1. The van der Waals surface area contributed by atoms with Gasteiger partial charge in [0.1, 0.15) is 16.5 Å². The van der Waals surface area contributed by atoms with E-state index in [0.29, 0.717) is 23.3 Å². The van der Waals surface area contributed by atoms with Gasteiger partial charge in [-0.1, -0.05) is 15.9 Å². The van der Waals surface area contributed by atoms with E-state index in [1.54, 1.807) is 53.1 Å². The molecule has 0 N–H and O–H groups in total. The minimum Gasteiger partial charge on any atom is -0.422 e. The molecule has 0 radical (unpaired) electrons. The molecule has 0 bridgehead atoms. The summed E-state index contributed by atoms with van der Waals surface area (Å²) in [6, 6.07) is 12.9. The number of nitrogens with zero attached hydrogens (tertiary/aromatic N) is 2. The molecule has 9 heteroatoms. The number of non-ortho nitro benzene ring substituents is 1. The van der Waals surface area contributed by atoms with E-state index in [-0.39, 0.29) is 16.6 Å². The molecule has 7 nitrogen and oxygen atoms in total. The lowest BCUT2D eigenvalue weighted by atomic mass is 10.1. The zero-order chi connectivity index (χ0) is 19.8. The lowest BCUT2D eigenvalue weighted by Gasteiger charge is -2.23. The number of thioether (sulfide) groups is 1. The molecule has 1 aliphatic heterocycles. The molecule has 28 heavy (non-hydrogen) atoms. The Morgan fingerprint density at radius 1 is 1.21 bits per heavy atom. The van der Waals surface area contributed by atoms with Crippen LogP contribution in [0.15, 0.2) is 62.2 Å². The highest BCUT2D eigenvalue weighted by Gasteiger charge is 2.33. The minimum atomic E-state index is -0.681. The van der Waals surface area contributed by atoms with E-state index in [4.69, 9.17) is 4.42 Å². The highest BCUT2D eigenvalue weighted by Crippen LogP contribution is 2.39. The van der Waals surface area contributed by atoms with Gasteiger partial charge >= 0.3 is 5.63 Å². The molecule has 3 aromatic rings. The fraction of sp³-hybridized carbons (Fsp3) is 0.158. The number of halogens is 1. The van der Waals surface area contributed by atoms with Crippen LogP contribution in [0.4, 0.5) is 5.69 Å². The van der Waals surface area contributed by atoms with Crippen LogP contribution >= 0.6 is 27.7 Å². The second-order valence-electron chi connectivity index (χ2n) is 6.20. The fourth-order valence-electron chi connectivity index (χ4n) is 3.11. The van der Waals surface area contributed by atoms with Gasteiger partial charge in [-0.3, -0.25) is 14.9 Å². The summed E-state index contributed by atoms with van der Waals surface area (Å²) < 4.78 is 6.12. The number of hydrogen-bond donors (Lipinski definition) is 0. The lowest BCUT2D eigenvalue weighted by Crippen LogP contribution is -2.33. The average molecular weight is 461 g/mol. The Morgan fingerprint density at radius 3 is 2.68 bits per heavy atom. The van der Waals surface area contributed by atoms with Crippen LogP contribution < -0.4 is 5.63 Å². The number of carbonyl (C=O) groups is 1. The van der Waals surface area contributed by atoms with Crippen molar-refractivity contribution in [3.05, 3.63) is 84.7 Å². The molecule has 0 unspecified atom stereocenters. The zero-order valence-corrected chi connectivity index (χ0v) is 16.7. The van der Waals surface area contributed by atoms with Crippen LogP contribution in [0.25, 0.3) is 11.0 Å². The second kappa shape index (κ2) is 7.40. The van der Waals surface area contributed by atoms with Crippen molar-refractivity contribution in [2.45, 2.75) is 5.37 Å². The van der Waals surface area contributed by atoms with Crippen LogP contribution in [0, 0.1) is 10.1 Å². The number of rotatable bonds is 3. The maximum atomic E-state index is 13.1. The van der Waals surface area contributed by atoms with Crippen LogP contribution in [-0.2, 0) is 0 Å². The maximum Gasteiger partial charge on any atom is 0.349 e. The van der Waals surface area contributed by atoms with E-state index in [9.17, 15) is 19.7 Å². The highest BCUT2D eigenvalue weighted by atomic mass is 79.9. The molecule has 2 aromatic carbocycles. The summed E-state index contributed by atoms with van der Waals surface area (Å²) in [6.45, 7) is 0.473. The molecular weight excluding hydrogens is 448 g/mol. The Labute approximate surface area is 171 Å². The van der Waals surface area contributed by atoms with Crippen molar-refractivity contribution in [1.82, 2.24) is 4.90 Å². The van der Waals surface area contributed by atoms with E-state index in [1.165, 1.54) is 12.1 Å². The number of fused-ring (bicyclic) bond motifs is 1. The Hall–Kier alpha value is -2.65. The third kappa shape index (κ3) is 3.43. The second-order valence-corrected chi connectivity index (χ2v) is 8.30. The molecule has 1 amide bonds. The van der Waals surface area contributed by atoms with E-state index >= 15 is 0 Å². The molecule has 0 saturated carbocycles. The Bertz CT molecular complexity index is 1150. The summed E-state index contributed by atoms with van der Waals surface area (Å²) in [5.74, 6) is 0.293. The van der Waals surface area contributed by atoms with Crippen molar-refractivity contribution in [3.8, 4) is 0 Å². The smallest absolute Gasteiger partial charge is 0.349 e.